The zero-order valence-corrected chi connectivity index (χ0v) is 18.9. The summed E-state index contributed by atoms with van der Waals surface area (Å²) in [4.78, 5) is 15.2. The van der Waals surface area contributed by atoms with E-state index in [1.807, 2.05) is 73.5 Å². The highest BCUT2D eigenvalue weighted by molar-refractivity contribution is 6.31. The molecule has 0 saturated carbocycles. The summed E-state index contributed by atoms with van der Waals surface area (Å²) in [5, 5.41) is 3.89. The van der Waals surface area contributed by atoms with Crippen molar-refractivity contribution in [2.75, 3.05) is 5.32 Å². The molecule has 158 valence electrons. The SMILES string of the molecule is CCC(C)N(Cc1cccn1Cc1ccccc1Cl)C(=O)Nc1c(C)cccc1C. The van der Waals surface area contributed by atoms with Crippen LogP contribution in [-0.2, 0) is 13.1 Å². The average molecular weight is 424 g/mol. The molecule has 0 radical (unpaired) electrons. The Bertz CT molecular complexity index is 991. The smallest absolute Gasteiger partial charge is 0.322 e. The zero-order chi connectivity index (χ0) is 21.7. The van der Waals surface area contributed by atoms with E-state index in [2.05, 4.69) is 29.8 Å². The highest BCUT2D eigenvalue weighted by Crippen LogP contribution is 2.22. The summed E-state index contributed by atoms with van der Waals surface area (Å²) in [6.45, 7) is 9.44. The lowest BCUT2D eigenvalue weighted by Gasteiger charge is -2.30. The highest BCUT2D eigenvalue weighted by atomic mass is 35.5. The molecule has 0 spiro atoms. The molecule has 0 fully saturated rings. The number of urea groups is 1. The van der Waals surface area contributed by atoms with Crippen molar-refractivity contribution in [3.8, 4) is 0 Å². The van der Waals surface area contributed by atoms with Crippen LogP contribution in [-0.4, -0.2) is 21.5 Å². The number of nitrogens with one attached hydrogen (secondary N) is 1. The van der Waals surface area contributed by atoms with Crippen LogP contribution in [0.25, 0.3) is 0 Å². The number of hydrogen-bond donors (Lipinski definition) is 1. The van der Waals surface area contributed by atoms with E-state index >= 15 is 0 Å². The molecule has 2 amide bonds. The minimum atomic E-state index is -0.0766. The second kappa shape index (κ2) is 9.86. The molecule has 3 rings (SSSR count). The van der Waals surface area contributed by atoms with E-state index < -0.39 is 0 Å². The van der Waals surface area contributed by atoms with Crippen LogP contribution in [0.2, 0.25) is 5.02 Å². The van der Waals surface area contributed by atoms with Crippen LogP contribution in [0.15, 0.2) is 60.8 Å². The van der Waals surface area contributed by atoms with Gasteiger partial charge in [0, 0.05) is 35.2 Å². The predicted molar refractivity (Wildman–Crippen MR) is 125 cm³/mol. The monoisotopic (exact) mass is 423 g/mol. The molecular weight excluding hydrogens is 394 g/mol. The molecule has 0 bridgehead atoms. The molecule has 5 heteroatoms. The van der Waals surface area contributed by atoms with Gasteiger partial charge in [-0.1, -0.05) is 54.9 Å². The van der Waals surface area contributed by atoms with Crippen molar-refractivity contribution in [2.45, 2.75) is 53.2 Å². The number of anilines is 1. The Kier molecular flexibility index (Phi) is 7.22. The van der Waals surface area contributed by atoms with Gasteiger partial charge < -0.3 is 14.8 Å². The van der Waals surface area contributed by atoms with Crippen LogP contribution in [0.5, 0.6) is 0 Å². The molecule has 1 heterocycles. The fourth-order valence-corrected chi connectivity index (χ4v) is 3.77. The summed E-state index contributed by atoms with van der Waals surface area (Å²) in [6.07, 6.45) is 2.92. The molecule has 2 aromatic carbocycles. The number of carbonyl (C=O) groups excluding carboxylic acids is 1. The van der Waals surface area contributed by atoms with E-state index in [9.17, 15) is 4.79 Å². The highest BCUT2D eigenvalue weighted by Gasteiger charge is 2.22. The summed E-state index contributed by atoms with van der Waals surface area (Å²) in [6, 6.07) is 18.0. The maximum absolute atomic E-state index is 13.3. The summed E-state index contributed by atoms with van der Waals surface area (Å²) >= 11 is 6.35. The Morgan fingerprint density at radius 1 is 1.07 bits per heavy atom. The molecule has 1 aromatic heterocycles. The quantitative estimate of drug-likeness (QED) is 0.454. The Morgan fingerprint density at radius 3 is 2.43 bits per heavy atom. The van der Waals surface area contributed by atoms with Crippen LogP contribution < -0.4 is 5.32 Å². The van der Waals surface area contributed by atoms with E-state index in [-0.39, 0.29) is 12.1 Å². The molecule has 3 aromatic rings. The standard InChI is InChI=1S/C25H30ClN3O/c1-5-20(4)29(25(30)27-24-18(2)10-8-11-19(24)3)17-22-13-9-15-28(22)16-21-12-6-7-14-23(21)26/h6-15,20H,5,16-17H2,1-4H3,(H,27,30). The fraction of sp³-hybridized carbons (Fsp3) is 0.320. The predicted octanol–water partition coefficient (Wildman–Crippen LogP) is 6.64. The fourth-order valence-electron chi connectivity index (χ4n) is 3.57. The molecule has 4 nitrogen and oxygen atoms in total. The van der Waals surface area contributed by atoms with E-state index in [0.717, 1.165) is 39.5 Å². The number of hydrogen-bond acceptors (Lipinski definition) is 1. The molecule has 0 saturated heterocycles. The molecule has 0 aliphatic rings. The lowest BCUT2D eigenvalue weighted by atomic mass is 10.1. The number of halogens is 1. The molecular formula is C25H30ClN3O. The van der Waals surface area contributed by atoms with Gasteiger partial charge in [0.2, 0.25) is 0 Å². The molecule has 0 aliphatic heterocycles. The number of para-hydroxylation sites is 1. The topological polar surface area (TPSA) is 37.3 Å². The first-order valence-corrected chi connectivity index (χ1v) is 10.8. The van der Waals surface area contributed by atoms with Crippen LogP contribution in [0.4, 0.5) is 10.5 Å². The van der Waals surface area contributed by atoms with Gasteiger partial charge in [0.05, 0.1) is 6.54 Å². The zero-order valence-electron chi connectivity index (χ0n) is 18.2. The first-order chi connectivity index (χ1) is 14.4. The molecule has 0 aliphatic carbocycles. The van der Waals surface area contributed by atoms with E-state index in [1.54, 1.807) is 0 Å². The van der Waals surface area contributed by atoms with Crippen LogP contribution in [0.3, 0.4) is 0 Å². The second-order valence-electron chi connectivity index (χ2n) is 7.80. The molecule has 1 atom stereocenters. The van der Waals surface area contributed by atoms with Gasteiger partial charge in [0.1, 0.15) is 0 Å². The summed E-state index contributed by atoms with van der Waals surface area (Å²) < 4.78 is 2.16. The Morgan fingerprint density at radius 2 is 1.77 bits per heavy atom. The van der Waals surface area contributed by atoms with Gasteiger partial charge >= 0.3 is 6.03 Å². The van der Waals surface area contributed by atoms with Gasteiger partial charge in [-0.25, -0.2) is 4.79 Å². The first-order valence-electron chi connectivity index (χ1n) is 10.4. The number of aromatic nitrogens is 1. The third-order valence-corrected chi connectivity index (χ3v) is 6.02. The largest absolute Gasteiger partial charge is 0.345 e. The summed E-state index contributed by atoms with van der Waals surface area (Å²) in [5.74, 6) is 0. The molecule has 1 N–H and O–H groups in total. The minimum absolute atomic E-state index is 0.0766. The van der Waals surface area contributed by atoms with Crippen molar-refractivity contribution in [3.63, 3.8) is 0 Å². The lowest BCUT2D eigenvalue weighted by Crippen LogP contribution is -2.41. The van der Waals surface area contributed by atoms with Crippen molar-refractivity contribution in [2.24, 2.45) is 0 Å². The minimum Gasteiger partial charge on any atom is -0.345 e. The van der Waals surface area contributed by atoms with Crippen LogP contribution >= 0.6 is 11.6 Å². The van der Waals surface area contributed by atoms with Crippen molar-refractivity contribution >= 4 is 23.3 Å². The molecule has 30 heavy (non-hydrogen) atoms. The van der Waals surface area contributed by atoms with E-state index in [1.165, 1.54) is 0 Å². The van der Waals surface area contributed by atoms with Gasteiger partial charge in [0.15, 0.2) is 0 Å². The third kappa shape index (κ3) is 5.06. The van der Waals surface area contributed by atoms with Crippen LogP contribution in [0, 0.1) is 13.8 Å². The van der Waals surface area contributed by atoms with Gasteiger partial charge in [-0.15, -0.1) is 0 Å². The van der Waals surface area contributed by atoms with Gasteiger partial charge in [-0.2, -0.15) is 0 Å². The number of carbonyl (C=O) groups is 1. The van der Waals surface area contributed by atoms with Crippen molar-refractivity contribution < 1.29 is 4.79 Å². The number of rotatable bonds is 7. The Hall–Kier alpha value is -2.72. The number of nitrogens with zero attached hydrogens (tertiary/aromatic N) is 2. The average Bonchev–Trinajstić information content (AvgIpc) is 3.16. The van der Waals surface area contributed by atoms with E-state index in [0.29, 0.717) is 13.1 Å². The maximum Gasteiger partial charge on any atom is 0.322 e. The van der Waals surface area contributed by atoms with Gasteiger partial charge in [0.25, 0.3) is 0 Å². The van der Waals surface area contributed by atoms with E-state index in [4.69, 9.17) is 11.6 Å². The first kappa shape index (κ1) is 22.0. The number of aryl methyl sites for hydroxylation is 2. The lowest BCUT2D eigenvalue weighted by molar-refractivity contribution is 0.185. The number of benzene rings is 2. The van der Waals surface area contributed by atoms with Crippen molar-refractivity contribution in [1.29, 1.82) is 0 Å². The third-order valence-electron chi connectivity index (χ3n) is 5.65. The second-order valence-corrected chi connectivity index (χ2v) is 8.21. The van der Waals surface area contributed by atoms with Crippen molar-refractivity contribution in [3.05, 3.63) is 88.2 Å². The Balaban J connectivity index is 1.82. The van der Waals surface area contributed by atoms with Crippen LogP contribution in [0.1, 0.15) is 42.7 Å². The summed E-state index contributed by atoms with van der Waals surface area (Å²) in [5.41, 5.74) is 5.16. The maximum atomic E-state index is 13.3. The number of amides is 2. The van der Waals surface area contributed by atoms with Gasteiger partial charge in [-0.05, 0) is 62.1 Å². The summed E-state index contributed by atoms with van der Waals surface area (Å²) in [7, 11) is 0. The molecule has 1 unspecified atom stereocenters. The van der Waals surface area contributed by atoms with Crippen molar-refractivity contribution in [1.82, 2.24) is 9.47 Å². The Labute approximate surface area is 184 Å². The van der Waals surface area contributed by atoms with Gasteiger partial charge in [-0.3, -0.25) is 0 Å². The normalized spacial score (nSPS) is 11.9.